The van der Waals surface area contributed by atoms with E-state index in [0.717, 1.165) is 12.3 Å². The van der Waals surface area contributed by atoms with Crippen molar-refractivity contribution in [2.24, 2.45) is 0 Å². The Labute approximate surface area is 175 Å². The largest absolute Gasteiger partial charge is 0.495 e. The molecule has 0 saturated carbocycles. The number of nitrogens with zero attached hydrogens (tertiary/aromatic N) is 3. The van der Waals surface area contributed by atoms with E-state index in [1.807, 2.05) is 0 Å². The molecule has 1 aromatic heterocycles. The molecule has 0 bridgehead atoms. The van der Waals surface area contributed by atoms with Crippen LogP contribution in [0.2, 0.25) is 0 Å². The number of nitrogens with one attached hydrogen (secondary N) is 1. The van der Waals surface area contributed by atoms with Crippen molar-refractivity contribution in [3.05, 3.63) is 53.3 Å². The zero-order valence-corrected chi connectivity index (χ0v) is 16.5. The molecule has 1 saturated heterocycles. The predicted molar refractivity (Wildman–Crippen MR) is 104 cm³/mol. The molecule has 164 valence electrons. The lowest BCUT2D eigenvalue weighted by molar-refractivity contribution is -0.141. The lowest BCUT2D eigenvalue weighted by Crippen LogP contribution is -2.50. The number of halogens is 3. The number of alkyl halides is 3. The van der Waals surface area contributed by atoms with Crippen LogP contribution in [0.1, 0.15) is 26.4 Å². The van der Waals surface area contributed by atoms with Crippen molar-refractivity contribution >= 4 is 23.9 Å². The quantitative estimate of drug-likeness (QED) is 0.727. The van der Waals surface area contributed by atoms with E-state index in [1.54, 1.807) is 0 Å². The fourth-order valence-corrected chi connectivity index (χ4v) is 3.28. The van der Waals surface area contributed by atoms with E-state index in [0.29, 0.717) is 23.4 Å². The van der Waals surface area contributed by atoms with Gasteiger partial charge >= 0.3 is 6.18 Å². The Kier molecular flexibility index (Phi) is 6.42. The molecule has 3 rings (SSSR count). The second-order valence-electron chi connectivity index (χ2n) is 6.66. The molecule has 1 fully saturated rings. The van der Waals surface area contributed by atoms with E-state index >= 15 is 0 Å². The van der Waals surface area contributed by atoms with Gasteiger partial charge < -0.3 is 19.9 Å². The summed E-state index contributed by atoms with van der Waals surface area (Å²) in [6, 6.07) is 6.91. The first-order chi connectivity index (χ1) is 14.8. The van der Waals surface area contributed by atoms with Crippen LogP contribution >= 0.6 is 0 Å². The highest BCUT2D eigenvalue weighted by Gasteiger charge is 2.38. The third kappa shape index (κ3) is 4.76. The van der Waals surface area contributed by atoms with Crippen molar-refractivity contribution in [3.63, 3.8) is 0 Å². The molecule has 2 aromatic rings. The summed E-state index contributed by atoms with van der Waals surface area (Å²) < 4.78 is 44.6. The standard InChI is InChI=1S/C20H19F3N4O4/c1-31-16-11-13(4-5-15(16)25-12-28)18(29)26-7-9-27(10-8-26)19(30)14-3-2-6-24-17(14)20(21,22)23/h2-6,11-12H,7-10H2,1H3,(H,25,28). The molecular formula is C20H19F3N4O4. The lowest BCUT2D eigenvalue weighted by Gasteiger charge is -2.35. The summed E-state index contributed by atoms with van der Waals surface area (Å²) in [4.78, 5) is 42.1. The van der Waals surface area contributed by atoms with Crippen molar-refractivity contribution in [1.82, 2.24) is 14.8 Å². The van der Waals surface area contributed by atoms with Crippen LogP contribution in [-0.4, -0.2) is 66.3 Å². The van der Waals surface area contributed by atoms with E-state index in [-0.39, 0.29) is 32.1 Å². The smallest absolute Gasteiger partial charge is 0.434 e. The van der Waals surface area contributed by atoms with Crippen molar-refractivity contribution in [3.8, 4) is 5.75 Å². The zero-order chi connectivity index (χ0) is 22.6. The number of pyridine rings is 1. The molecule has 3 amide bonds. The molecule has 0 radical (unpaired) electrons. The lowest BCUT2D eigenvalue weighted by atomic mass is 10.1. The van der Waals surface area contributed by atoms with Gasteiger partial charge in [0.2, 0.25) is 6.41 Å². The van der Waals surface area contributed by atoms with Crippen LogP contribution in [0.25, 0.3) is 0 Å². The highest BCUT2D eigenvalue weighted by molar-refractivity contribution is 5.97. The number of hydrogen-bond donors (Lipinski definition) is 1. The fourth-order valence-electron chi connectivity index (χ4n) is 3.28. The Morgan fingerprint density at radius 1 is 1.10 bits per heavy atom. The van der Waals surface area contributed by atoms with Crippen molar-refractivity contribution in [2.45, 2.75) is 6.18 Å². The average molecular weight is 436 g/mol. The molecule has 1 N–H and O–H groups in total. The summed E-state index contributed by atoms with van der Waals surface area (Å²) in [6.07, 6.45) is -3.27. The minimum Gasteiger partial charge on any atom is -0.495 e. The first kappa shape index (κ1) is 22.1. The van der Waals surface area contributed by atoms with E-state index in [9.17, 15) is 27.6 Å². The van der Waals surface area contributed by atoms with Crippen LogP contribution in [0, 0.1) is 0 Å². The summed E-state index contributed by atoms with van der Waals surface area (Å²) >= 11 is 0. The van der Waals surface area contributed by atoms with Gasteiger partial charge in [0.05, 0.1) is 18.4 Å². The number of anilines is 1. The van der Waals surface area contributed by atoms with Gasteiger partial charge in [0.15, 0.2) is 5.69 Å². The molecule has 1 aliphatic rings. The monoisotopic (exact) mass is 436 g/mol. The van der Waals surface area contributed by atoms with Gasteiger partial charge in [-0.05, 0) is 30.3 Å². The first-order valence-electron chi connectivity index (χ1n) is 9.25. The number of rotatable bonds is 5. The Balaban J connectivity index is 1.69. The van der Waals surface area contributed by atoms with Gasteiger partial charge in [-0.3, -0.25) is 19.4 Å². The van der Waals surface area contributed by atoms with Crippen LogP contribution in [0.3, 0.4) is 0 Å². The van der Waals surface area contributed by atoms with Crippen LogP contribution < -0.4 is 10.1 Å². The molecule has 2 heterocycles. The number of aromatic nitrogens is 1. The minimum atomic E-state index is -4.74. The molecule has 0 aliphatic carbocycles. The van der Waals surface area contributed by atoms with Crippen LogP contribution in [0.5, 0.6) is 5.75 Å². The molecular weight excluding hydrogens is 417 g/mol. The summed E-state index contributed by atoms with van der Waals surface area (Å²) in [6.45, 7) is 0.475. The van der Waals surface area contributed by atoms with Crippen molar-refractivity contribution < 1.29 is 32.3 Å². The van der Waals surface area contributed by atoms with E-state index in [2.05, 4.69) is 10.3 Å². The summed E-state index contributed by atoms with van der Waals surface area (Å²) in [5.74, 6) is -0.790. The van der Waals surface area contributed by atoms with Crippen molar-refractivity contribution in [2.75, 3.05) is 38.6 Å². The van der Waals surface area contributed by atoms with E-state index < -0.39 is 23.3 Å². The Bertz CT molecular complexity index is 989. The van der Waals surface area contributed by atoms with Gasteiger partial charge in [0.1, 0.15) is 5.75 Å². The molecule has 31 heavy (non-hydrogen) atoms. The number of carbonyl (C=O) groups is 3. The minimum absolute atomic E-state index is 0.0820. The van der Waals surface area contributed by atoms with Gasteiger partial charge in [0.25, 0.3) is 11.8 Å². The Hall–Kier alpha value is -3.63. The highest BCUT2D eigenvalue weighted by atomic mass is 19.4. The van der Waals surface area contributed by atoms with Gasteiger partial charge in [-0.25, -0.2) is 0 Å². The Morgan fingerprint density at radius 2 is 1.74 bits per heavy atom. The van der Waals surface area contributed by atoms with Gasteiger partial charge in [-0.2, -0.15) is 13.2 Å². The van der Waals surface area contributed by atoms with Gasteiger partial charge in [0, 0.05) is 37.9 Å². The number of ether oxygens (including phenoxy) is 1. The number of amides is 3. The third-order valence-corrected chi connectivity index (χ3v) is 4.82. The summed E-state index contributed by atoms with van der Waals surface area (Å²) in [5.41, 5.74) is -1.02. The summed E-state index contributed by atoms with van der Waals surface area (Å²) in [5, 5.41) is 2.46. The highest BCUT2D eigenvalue weighted by Crippen LogP contribution is 2.31. The molecule has 0 unspecified atom stereocenters. The SMILES string of the molecule is COc1cc(C(=O)N2CCN(C(=O)c3cccnc3C(F)(F)F)CC2)ccc1NC=O. The van der Waals surface area contributed by atoms with Crippen LogP contribution in [-0.2, 0) is 11.0 Å². The second kappa shape index (κ2) is 9.02. The molecule has 8 nitrogen and oxygen atoms in total. The van der Waals surface area contributed by atoms with Gasteiger partial charge in [-0.15, -0.1) is 0 Å². The van der Waals surface area contributed by atoms with Gasteiger partial charge in [-0.1, -0.05) is 0 Å². The third-order valence-electron chi connectivity index (χ3n) is 4.82. The van der Waals surface area contributed by atoms with E-state index in [1.165, 1.54) is 41.2 Å². The second-order valence-corrected chi connectivity index (χ2v) is 6.66. The zero-order valence-electron chi connectivity index (χ0n) is 16.5. The maximum Gasteiger partial charge on any atom is 0.434 e. The molecule has 1 aliphatic heterocycles. The first-order valence-corrected chi connectivity index (χ1v) is 9.25. The average Bonchev–Trinajstić information content (AvgIpc) is 2.78. The van der Waals surface area contributed by atoms with Crippen LogP contribution in [0.4, 0.5) is 18.9 Å². The summed E-state index contributed by atoms with van der Waals surface area (Å²) in [7, 11) is 1.40. The van der Waals surface area contributed by atoms with Crippen molar-refractivity contribution in [1.29, 1.82) is 0 Å². The number of benzene rings is 1. The number of methoxy groups -OCH3 is 1. The Morgan fingerprint density at radius 3 is 2.32 bits per heavy atom. The number of carbonyl (C=O) groups excluding carboxylic acids is 3. The number of hydrogen-bond acceptors (Lipinski definition) is 5. The molecule has 11 heteroatoms. The molecule has 0 atom stereocenters. The molecule has 0 spiro atoms. The maximum atomic E-state index is 13.2. The maximum absolute atomic E-state index is 13.2. The van der Waals surface area contributed by atoms with Crippen LogP contribution in [0.15, 0.2) is 36.5 Å². The number of piperazine rings is 1. The predicted octanol–water partition coefficient (Wildman–Crippen LogP) is 2.28. The topological polar surface area (TPSA) is 91.8 Å². The molecule has 1 aromatic carbocycles. The van der Waals surface area contributed by atoms with E-state index in [4.69, 9.17) is 4.74 Å². The fraction of sp³-hybridized carbons (Fsp3) is 0.300. The normalized spacial score (nSPS) is 14.2.